The number of rotatable bonds is 5. The lowest BCUT2D eigenvalue weighted by Gasteiger charge is -2.30. The van der Waals surface area contributed by atoms with Crippen LogP contribution in [-0.4, -0.2) is 66.9 Å². The van der Waals surface area contributed by atoms with Crippen molar-refractivity contribution in [2.24, 2.45) is 5.10 Å². The van der Waals surface area contributed by atoms with Gasteiger partial charge in [-0.1, -0.05) is 0 Å². The van der Waals surface area contributed by atoms with Crippen LogP contribution in [0.5, 0.6) is 5.75 Å². The molecule has 1 saturated heterocycles. The van der Waals surface area contributed by atoms with Gasteiger partial charge in [0.05, 0.1) is 37.3 Å². The highest BCUT2D eigenvalue weighted by Gasteiger charge is 2.37. The summed E-state index contributed by atoms with van der Waals surface area (Å²) in [7, 11) is 0. The van der Waals surface area contributed by atoms with Crippen molar-refractivity contribution >= 4 is 35.3 Å². The van der Waals surface area contributed by atoms with Crippen molar-refractivity contribution in [3.05, 3.63) is 53.6 Å². The number of carbonyl (C=O) groups is 3. The van der Waals surface area contributed by atoms with E-state index in [1.54, 1.807) is 24.3 Å². The molecule has 0 unspecified atom stereocenters. The first-order chi connectivity index (χ1) is 15.0. The van der Waals surface area contributed by atoms with Crippen LogP contribution in [0.25, 0.3) is 0 Å². The molecule has 0 radical (unpaired) electrons. The number of benzene rings is 2. The number of phenols is 1. The lowest BCUT2D eigenvalue weighted by molar-refractivity contribution is -0.114. The topological polar surface area (TPSA) is 124 Å². The van der Waals surface area contributed by atoms with Gasteiger partial charge < -0.3 is 15.2 Å². The number of nitrogens with one attached hydrogen (secondary N) is 2. The van der Waals surface area contributed by atoms with E-state index in [1.165, 1.54) is 29.3 Å². The number of amides is 3. The van der Waals surface area contributed by atoms with E-state index in [-0.39, 0.29) is 11.3 Å². The molecular formula is C21H21N5O5. The Morgan fingerprint density at radius 3 is 2.61 bits per heavy atom. The zero-order valence-electron chi connectivity index (χ0n) is 16.6. The molecule has 2 heterocycles. The predicted octanol–water partition coefficient (Wildman–Crippen LogP) is 1.37. The SMILES string of the molecule is O=C(N/N=C/c1ccc(O)cc1)Nc1ccc2c(c1)C(=O)C(=O)N2CN1CCOCC1. The van der Waals surface area contributed by atoms with Crippen molar-refractivity contribution in [3.63, 3.8) is 0 Å². The molecule has 31 heavy (non-hydrogen) atoms. The fourth-order valence-corrected chi connectivity index (χ4v) is 3.35. The van der Waals surface area contributed by atoms with Crippen molar-refractivity contribution in [1.82, 2.24) is 10.3 Å². The first kappa shape index (κ1) is 20.5. The lowest BCUT2D eigenvalue weighted by atomic mass is 10.1. The molecule has 0 bridgehead atoms. The van der Waals surface area contributed by atoms with Crippen molar-refractivity contribution in [2.75, 3.05) is 43.2 Å². The van der Waals surface area contributed by atoms with E-state index in [2.05, 4.69) is 20.7 Å². The van der Waals surface area contributed by atoms with E-state index in [0.717, 1.165) is 0 Å². The molecule has 4 rings (SSSR count). The Labute approximate surface area is 178 Å². The number of carbonyl (C=O) groups excluding carboxylic acids is 3. The Hall–Kier alpha value is -3.76. The number of ketones is 1. The second-order valence-corrected chi connectivity index (χ2v) is 7.08. The summed E-state index contributed by atoms with van der Waals surface area (Å²) in [4.78, 5) is 40.5. The van der Waals surface area contributed by atoms with E-state index >= 15 is 0 Å². The van der Waals surface area contributed by atoms with Gasteiger partial charge in [0.15, 0.2) is 0 Å². The molecule has 0 saturated carbocycles. The number of nitrogens with zero attached hydrogens (tertiary/aromatic N) is 3. The maximum atomic E-state index is 12.5. The molecule has 2 aromatic carbocycles. The molecule has 3 amide bonds. The van der Waals surface area contributed by atoms with E-state index < -0.39 is 17.7 Å². The van der Waals surface area contributed by atoms with Gasteiger partial charge in [0.2, 0.25) is 0 Å². The van der Waals surface area contributed by atoms with Gasteiger partial charge in [-0.15, -0.1) is 0 Å². The quantitative estimate of drug-likeness (QED) is 0.379. The number of hydrogen-bond acceptors (Lipinski definition) is 7. The number of urea groups is 1. The molecule has 10 nitrogen and oxygen atoms in total. The third kappa shape index (κ3) is 4.71. The molecule has 2 aromatic rings. The number of morpholine rings is 1. The largest absolute Gasteiger partial charge is 0.508 e. The maximum absolute atomic E-state index is 12.5. The number of hydrogen-bond donors (Lipinski definition) is 3. The van der Waals surface area contributed by atoms with Gasteiger partial charge in [0.25, 0.3) is 5.78 Å². The van der Waals surface area contributed by atoms with Crippen LogP contribution >= 0.6 is 0 Å². The number of hydrazone groups is 1. The molecule has 2 aliphatic rings. The number of aromatic hydroxyl groups is 1. The normalized spacial score (nSPS) is 16.6. The maximum Gasteiger partial charge on any atom is 0.339 e. The second-order valence-electron chi connectivity index (χ2n) is 7.08. The molecular weight excluding hydrogens is 402 g/mol. The second kappa shape index (κ2) is 8.94. The number of ether oxygens (including phenoxy) is 1. The zero-order valence-corrected chi connectivity index (χ0v) is 16.6. The number of Topliss-reactive ketones (excluding diaryl/α,β-unsaturated/α-hetero) is 1. The number of fused-ring (bicyclic) bond motifs is 1. The zero-order chi connectivity index (χ0) is 21.8. The highest BCUT2D eigenvalue weighted by molar-refractivity contribution is 6.52. The van der Waals surface area contributed by atoms with Gasteiger partial charge in [-0.25, -0.2) is 10.2 Å². The Bertz CT molecular complexity index is 1030. The molecule has 0 aliphatic carbocycles. The van der Waals surface area contributed by atoms with Crippen molar-refractivity contribution in [3.8, 4) is 5.75 Å². The van der Waals surface area contributed by atoms with E-state index in [9.17, 15) is 19.5 Å². The van der Waals surface area contributed by atoms with Gasteiger partial charge in [-0.3, -0.25) is 19.4 Å². The summed E-state index contributed by atoms with van der Waals surface area (Å²) in [5.41, 5.74) is 4.16. The van der Waals surface area contributed by atoms with Crippen molar-refractivity contribution < 1.29 is 24.2 Å². The van der Waals surface area contributed by atoms with Crippen LogP contribution < -0.4 is 15.6 Å². The van der Waals surface area contributed by atoms with Crippen LogP contribution in [0.1, 0.15) is 15.9 Å². The molecule has 160 valence electrons. The summed E-state index contributed by atoms with van der Waals surface area (Å²) in [5, 5.41) is 15.7. The van der Waals surface area contributed by atoms with Crippen LogP contribution in [0, 0.1) is 0 Å². The molecule has 3 N–H and O–H groups in total. The average Bonchev–Trinajstić information content (AvgIpc) is 3.00. The molecule has 0 atom stereocenters. The van der Waals surface area contributed by atoms with Crippen LogP contribution in [-0.2, 0) is 9.53 Å². The van der Waals surface area contributed by atoms with Crippen LogP contribution in [0.15, 0.2) is 47.6 Å². The predicted molar refractivity (Wildman–Crippen MR) is 113 cm³/mol. The summed E-state index contributed by atoms with van der Waals surface area (Å²) in [6.45, 7) is 2.89. The molecule has 2 aliphatic heterocycles. The molecule has 10 heteroatoms. The minimum absolute atomic E-state index is 0.135. The minimum atomic E-state index is -0.600. The third-order valence-electron chi connectivity index (χ3n) is 4.95. The molecule has 0 aromatic heterocycles. The molecule has 1 fully saturated rings. The average molecular weight is 423 g/mol. The van der Waals surface area contributed by atoms with Gasteiger partial charge in [0.1, 0.15) is 5.75 Å². The van der Waals surface area contributed by atoms with Crippen LogP contribution in [0.4, 0.5) is 16.2 Å². The van der Waals surface area contributed by atoms with Gasteiger partial charge in [0, 0.05) is 18.8 Å². The monoisotopic (exact) mass is 423 g/mol. The lowest BCUT2D eigenvalue weighted by Crippen LogP contribution is -2.45. The first-order valence-corrected chi connectivity index (χ1v) is 9.71. The number of anilines is 2. The highest BCUT2D eigenvalue weighted by atomic mass is 16.5. The first-order valence-electron chi connectivity index (χ1n) is 9.71. The van der Waals surface area contributed by atoms with E-state index in [4.69, 9.17) is 4.74 Å². The Balaban J connectivity index is 1.39. The van der Waals surface area contributed by atoms with E-state index in [1.807, 2.05) is 0 Å². The summed E-state index contributed by atoms with van der Waals surface area (Å²) in [6.07, 6.45) is 1.42. The summed E-state index contributed by atoms with van der Waals surface area (Å²) in [5.74, 6) is -1.05. The fourth-order valence-electron chi connectivity index (χ4n) is 3.35. The summed E-state index contributed by atoms with van der Waals surface area (Å²) >= 11 is 0. The summed E-state index contributed by atoms with van der Waals surface area (Å²) < 4.78 is 5.31. The third-order valence-corrected chi connectivity index (χ3v) is 4.95. The standard InChI is InChI=1S/C21H21N5O5/c27-16-4-1-14(2-5-16)12-22-24-21(30)23-15-3-6-18-17(11-15)19(28)20(29)26(18)13-25-7-9-31-10-8-25/h1-6,11-12,27H,7-10,13H2,(H2,23,24,30)/b22-12+. The van der Waals surface area contributed by atoms with Gasteiger partial charge in [-0.05, 0) is 48.0 Å². The Morgan fingerprint density at radius 1 is 1.13 bits per heavy atom. The van der Waals surface area contributed by atoms with Crippen molar-refractivity contribution in [1.29, 1.82) is 0 Å². The Kier molecular flexibility index (Phi) is 5.92. The van der Waals surface area contributed by atoms with Crippen molar-refractivity contribution in [2.45, 2.75) is 0 Å². The molecule has 0 spiro atoms. The van der Waals surface area contributed by atoms with Crippen LogP contribution in [0.2, 0.25) is 0 Å². The van der Waals surface area contributed by atoms with E-state index in [0.29, 0.717) is 49.9 Å². The van der Waals surface area contributed by atoms with Crippen LogP contribution in [0.3, 0.4) is 0 Å². The highest BCUT2D eigenvalue weighted by Crippen LogP contribution is 2.31. The number of phenolic OH excluding ortho intramolecular Hbond substituents is 1. The summed E-state index contributed by atoms with van der Waals surface area (Å²) in [6, 6.07) is 10.5. The smallest absolute Gasteiger partial charge is 0.339 e. The van der Waals surface area contributed by atoms with Gasteiger partial charge >= 0.3 is 11.9 Å². The fraction of sp³-hybridized carbons (Fsp3) is 0.238. The minimum Gasteiger partial charge on any atom is -0.508 e. The Morgan fingerprint density at radius 2 is 1.87 bits per heavy atom. The van der Waals surface area contributed by atoms with Gasteiger partial charge in [-0.2, -0.15) is 5.10 Å².